The molecule has 1 atom stereocenters. The van der Waals surface area contributed by atoms with E-state index in [4.69, 9.17) is 9.84 Å². The molecule has 3 heteroatoms. The van der Waals surface area contributed by atoms with Crippen LogP contribution in [0.4, 0.5) is 0 Å². The van der Waals surface area contributed by atoms with Gasteiger partial charge in [-0.1, -0.05) is 12.1 Å². The molecule has 0 spiro atoms. The summed E-state index contributed by atoms with van der Waals surface area (Å²) in [6.07, 6.45) is 1.24. The number of hydrogen-bond acceptors (Lipinski definition) is 3. The summed E-state index contributed by atoms with van der Waals surface area (Å²) in [5.74, 6) is 1.50. The molecule has 1 aromatic carbocycles. The zero-order valence-corrected chi connectivity index (χ0v) is 9.72. The zero-order valence-electron chi connectivity index (χ0n) is 9.72. The van der Waals surface area contributed by atoms with Crippen molar-refractivity contribution in [2.75, 3.05) is 33.4 Å². The number of nitrogens with zero attached hydrogens (tertiary/aromatic N) is 1. The fourth-order valence-electron chi connectivity index (χ4n) is 2.21. The normalized spacial score (nSPS) is 21.2. The molecule has 1 heterocycles. The highest BCUT2D eigenvalue weighted by molar-refractivity contribution is 5.30. The Kier molecular flexibility index (Phi) is 3.80. The van der Waals surface area contributed by atoms with Crippen molar-refractivity contribution >= 4 is 0 Å². The average molecular weight is 221 g/mol. The molecule has 0 aromatic heterocycles. The molecule has 88 valence electrons. The van der Waals surface area contributed by atoms with Crippen LogP contribution in [0.15, 0.2) is 24.3 Å². The molecule has 0 bridgehead atoms. The van der Waals surface area contributed by atoms with Crippen LogP contribution in [0.25, 0.3) is 0 Å². The fourth-order valence-corrected chi connectivity index (χ4v) is 2.21. The predicted octanol–water partition coefficient (Wildman–Crippen LogP) is 1.48. The third-order valence-electron chi connectivity index (χ3n) is 3.10. The van der Waals surface area contributed by atoms with Gasteiger partial charge in [-0.05, 0) is 43.6 Å². The lowest BCUT2D eigenvalue weighted by Gasteiger charge is -2.11. The van der Waals surface area contributed by atoms with Crippen LogP contribution in [0.5, 0.6) is 5.75 Å². The van der Waals surface area contributed by atoms with Crippen LogP contribution in [0, 0.1) is 0 Å². The van der Waals surface area contributed by atoms with Crippen molar-refractivity contribution in [2.45, 2.75) is 12.3 Å². The summed E-state index contributed by atoms with van der Waals surface area (Å²) in [7, 11) is 2.17. The summed E-state index contributed by atoms with van der Waals surface area (Å²) >= 11 is 0. The highest BCUT2D eigenvalue weighted by atomic mass is 16.5. The largest absolute Gasteiger partial charge is 0.491 e. The third kappa shape index (κ3) is 2.74. The molecular weight excluding hydrogens is 202 g/mol. The highest BCUT2D eigenvalue weighted by Gasteiger charge is 2.20. The van der Waals surface area contributed by atoms with Gasteiger partial charge in [-0.25, -0.2) is 0 Å². The van der Waals surface area contributed by atoms with E-state index < -0.39 is 0 Å². The first-order chi connectivity index (χ1) is 7.79. The maximum atomic E-state index is 8.65. The first-order valence-corrected chi connectivity index (χ1v) is 5.82. The zero-order chi connectivity index (χ0) is 11.4. The van der Waals surface area contributed by atoms with Crippen molar-refractivity contribution in [2.24, 2.45) is 0 Å². The monoisotopic (exact) mass is 221 g/mol. The Labute approximate surface area is 96.6 Å². The van der Waals surface area contributed by atoms with Gasteiger partial charge in [-0.3, -0.25) is 0 Å². The molecule has 1 aromatic rings. The smallest absolute Gasteiger partial charge is 0.119 e. The average Bonchev–Trinajstić information content (AvgIpc) is 2.74. The van der Waals surface area contributed by atoms with Gasteiger partial charge in [0.1, 0.15) is 12.4 Å². The van der Waals surface area contributed by atoms with E-state index in [1.54, 1.807) is 0 Å². The molecule has 1 aliphatic heterocycles. The molecule has 16 heavy (non-hydrogen) atoms. The third-order valence-corrected chi connectivity index (χ3v) is 3.10. The van der Waals surface area contributed by atoms with E-state index in [0.29, 0.717) is 12.5 Å². The SMILES string of the molecule is CN1CCC(c2ccc(OCCO)cc2)C1. The van der Waals surface area contributed by atoms with E-state index >= 15 is 0 Å². The van der Waals surface area contributed by atoms with E-state index in [-0.39, 0.29) is 6.61 Å². The Morgan fingerprint density at radius 3 is 2.69 bits per heavy atom. The number of likely N-dealkylation sites (tertiary alicyclic amines) is 1. The standard InChI is InChI=1S/C13H19NO2/c1-14-7-6-12(10-14)11-2-4-13(5-3-11)16-9-8-15/h2-5,12,15H,6-10H2,1H3. The van der Waals surface area contributed by atoms with Crippen molar-refractivity contribution in [3.05, 3.63) is 29.8 Å². The lowest BCUT2D eigenvalue weighted by molar-refractivity contribution is 0.201. The molecule has 1 N–H and O–H groups in total. The molecule has 2 rings (SSSR count). The highest BCUT2D eigenvalue weighted by Crippen LogP contribution is 2.27. The molecular formula is C13H19NO2. The molecule has 1 saturated heterocycles. The van der Waals surface area contributed by atoms with Crippen molar-refractivity contribution in [1.82, 2.24) is 4.90 Å². The number of aliphatic hydroxyl groups excluding tert-OH is 1. The first-order valence-electron chi connectivity index (χ1n) is 5.82. The minimum atomic E-state index is 0.0647. The van der Waals surface area contributed by atoms with Gasteiger partial charge in [-0.15, -0.1) is 0 Å². The number of hydrogen-bond donors (Lipinski definition) is 1. The maximum absolute atomic E-state index is 8.65. The van der Waals surface area contributed by atoms with Gasteiger partial charge < -0.3 is 14.7 Å². The lowest BCUT2D eigenvalue weighted by Crippen LogP contribution is -2.13. The summed E-state index contributed by atoms with van der Waals surface area (Å²) in [5, 5.41) is 8.65. The Morgan fingerprint density at radius 1 is 1.38 bits per heavy atom. The first kappa shape index (κ1) is 11.4. The van der Waals surface area contributed by atoms with E-state index in [1.807, 2.05) is 12.1 Å². The van der Waals surface area contributed by atoms with Crippen LogP contribution in [-0.2, 0) is 0 Å². The summed E-state index contributed by atoms with van der Waals surface area (Å²) in [6.45, 7) is 2.77. The molecule has 1 unspecified atom stereocenters. The van der Waals surface area contributed by atoms with Crippen LogP contribution >= 0.6 is 0 Å². The van der Waals surface area contributed by atoms with E-state index in [2.05, 4.69) is 24.1 Å². The van der Waals surface area contributed by atoms with Crippen LogP contribution in [0.1, 0.15) is 17.9 Å². The van der Waals surface area contributed by atoms with Crippen molar-refractivity contribution in [3.63, 3.8) is 0 Å². The molecule has 3 nitrogen and oxygen atoms in total. The maximum Gasteiger partial charge on any atom is 0.119 e. The quantitative estimate of drug-likeness (QED) is 0.836. The van der Waals surface area contributed by atoms with Gasteiger partial charge in [0.05, 0.1) is 6.61 Å². The lowest BCUT2D eigenvalue weighted by atomic mass is 9.98. The Morgan fingerprint density at radius 2 is 2.12 bits per heavy atom. The molecule has 1 aliphatic rings. The van der Waals surface area contributed by atoms with E-state index in [9.17, 15) is 0 Å². The van der Waals surface area contributed by atoms with Crippen LogP contribution in [0.3, 0.4) is 0 Å². The Balaban J connectivity index is 1.96. The van der Waals surface area contributed by atoms with Crippen molar-refractivity contribution in [1.29, 1.82) is 0 Å². The second-order valence-corrected chi connectivity index (χ2v) is 4.39. The van der Waals surface area contributed by atoms with Crippen LogP contribution in [-0.4, -0.2) is 43.4 Å². The Hall–Kier alpha value is -1.06. The summed E-state index contributed by atoms with van der Waals surface area (Å²) in [6, 6.07) is 8.25. The van der Waals surface area contributed by atoms with Gasteiger partial charge in [0, 0.05) is 6.54 Å². The van der Waals surface area contributed by atoms with E-state index in [1.165, 1.54) is 18.5 Å². The van der Waals surface area contributed by atoms with Crippen LogP contribution in [0.2, 0.25) is 0 Å². The summed E-state index contributed by atoms with van der Waals surface area (Å²) in [4.78, 5) is 2.36. The van der Waals surface area contributed by atoms with E-state index in [0.717, 1.165) is 12.3 Å². The molecule has 1 fully saturated rings. The molecule has 0 aliphatic carbocycles. The summed E-state index contributed by atoms with van der Waals surface area (Å²) in [5.41, 5.74) is 1.39. The molecule has 0 radical (unpaired) electrons. The van der Waals surface area contributed by atoms with Gasteiger partial charge >= 0.3 is 0 Å². The molecule has 0 saturated carbocycles. The number of ether oxygens (including phenoxy) is 1. The number of likely N-dealkylation sites (N-methyl/N-ethyl adjacent to an activating group) is 1. The van der Waals surface area contributed by atoms with Gasteiger partial charge in [0.25, 0.3) is 0 Å². The molecule has 0 amide bonds. The van der Waals surface area contributed by atoms with Gasteiger partial charge in [-0.2, -0.15) is 0 Å². The predicted molar refractivity (Wildman–Crippen MR) is 63.9 cm³/mol. The number of aliphatic hydroxyl groups is 1. The van der Waals surface area contributed by atoms with Crippen LogP contribution < -0.4 is 4.74 Å². The van der Waals surface area contributed by atoms with Gasteiger partial charge in [0.15, 0.2) is 0 Å². The van der Waals surface area contributed by atoms with Crippen molar-refractivity contribution in [3.8, 4) is 5.75 Å². The second kappa shape index (κ2) is 5.32. The minimum Gasteiger partial charge on any atom is -0.491 e. The summed E-state index contributed by atoms with van der Waals surface area (Å²) < 4.78 is 5.33. The minimum absolute atomic E-state index is 0.0647. The Bertz CT molecular complexity index is 323. The van der Waals surface area contributed by atoms with Crippen molar-refractivity contribution < 1.29 is 9.84 Å². The number of rotatable bonds is 4. The number of benzene rings is 1. The second-order valence-electron chi connectivity index (χ2n) is 4.39. The fraction of sp³-hybridized carbons (Fsp3) is 0.538. The topological polar surface area (TPSA) is 32.7 Å². The van der Waals surface area contributed by atoms with Gasteiger partial charge in [0.2, 0.25) is 0 Å².